The number of para-hydroxylation sites is 1. The number of benzene rings is 1. The summed E-state index contributed by atoms with van der Waals surface area (Å²) in [5.41, 5.74) is 0.539. The van der Waals surface area contributed by atoms with Gasteiger partial charge in [-0.3, -0.25) is 14.9 Å². The molecule has 19 heavy (non-hydrogen) atoms. The predicted molar refractivity (Wildman–Crippen MR) is 64.6 cm³/mol. The predicted octanol–water partition coefficient (Wildman–Crippen LogP) is 1.82. The zero-order valence-electron chi connectivity index (χ0n) is 9.70. The molecule has 0 atom stereocenters. The van der Waals surface area contributed by atoms with Crippen molar-refractivity contribution in [3.63, 3.8) is 0 Å². The first-order valence-electron chi connectivity index (χ1n) is 5.37. The molecule has 1 aromatic heterocycles. The van der Waals surface area contributed by atoms with Gasteiger partial charge in [0, 0.05) is 12.1 Å². The highest BCUT2D eigenvalue weighted by Crippen LogP contribution is 2.17. The first kappa shape index (κ1) is 12.6. The van der Waals surface area contributed by atoms with Gasteiger partial charge in [0.25, 0.3) is 5.91 Å². The van der Waals surface area contributed by atoms with E-state index in [4.69, 9.17) is 4.42 Å². The van der Waals surface area contributed by atoms with Gasteiger partial charge < -0.3 is 14.8 Å². The molecule has 7 heteroatoms. The van der Waals surface area contributed by atoms with E-state index in [2.05, 4.69) is 5.32 Å². The number of phenolic OH excluding ortho intramolecular Hbond substituents is 1. The van der Waals surface area contributed by atoms with Gasteiger partial charge in [0.1, 0.15) is 10.7 Å². The third-order valence-corrected chi connectivity index (χ3v) is 2.43. The van der Waals surface area contributed by atoms with Crippen LogP contribution in [0.4, 0.5) is 5.88 Å². The minimum atomic E-state index is -0.722. The van der Waals surface area contributed by atoms with Crippen LogP contribution in [0.5, 0.6) is 5.75 Å². The second-order valence-corrected chi connectivity index (χ2v) is 3.71. The highest BCUT2D eigenvalue weighted by molar-refractivity contribution is 5.91. The summed E-state index contributed by atoms with van der Waals surface area (Å²) < 4.78 is 4.75. The summed E-state index contributed by atoms with van der Waals surface area (Å²) in [6.07, 6.45) is 0. The summed E-state index contributed by atoms with van der Waals surface area (Å²) in [6, 6.07) is 8.86. The number of aromatic hydroxyl groups is 1. The van der Waals surface area contributed by atoms with Gasteiger partial charge in [0.15, 0.2) is 5.76 Å². The number of furan rings is 1. The topological polar surface area (TPSA) is 106 Å². The van der Waals surface area contributed by atoms with Crippen LogP contribution in [-0.2, 0) is 6.54 Å². The summed E-state index contributed by atoms with van der Waals surface area (Å²) in [7, 11) is 0. The van der Waals surface area contributed by atoms with E-state index in [9.17, 15) is 20.0 Å². The zero-order valence-corrected chi connectivity index (χ0v) is 9.70. The molecule has 0 saturated heterocycles. The lowest BCUT2D eigenvalue weighted by molar-refractivity contribution is -0.402. The van der Waals surface area contributed by atoms with Gasteiger partial charge in [-0.15, -0.1) is 0 Å². The molecule has 0 spiro atoms. The molecule has 1 amide bonds. The molecule has 2 rings (SSSR count). The average Bonchev–Trinajstić information content (AvgIpc) is 2.87. The maximum Gasteiger partial charge on any atom is 0.433 e. The molecule has 7 nitrogen and oxygen atoms in total. The molecule has 2 aromatic rings. The summed E-state index contributed by atoms with van der Waals surface area (Å²) in [6.45, 7) is 0.0972. The Morgan fingerprint density at radius 2 is 2.05 bits per heavy atom. The molecule has 0 saturated carbocycles. The fourth-order valence-electron chi connectivity index (χ4n) is 1.47. The summed E-state index contributed by atoms with van der Waals surface area (Å²) in [4.78, 5) is 21.3. The van der Waals surface area contributed by atoms with Crippen LogP contribution >= 0.6 is 0 Å². The molecule has 0 unspecified atom stereocenters. The van der Waals surface area contributed by atoms with Gasteiger partial charge >= 0.3 is 5.88 Å². The van der Waals surface area contributed by atoms with Gasteiger partial charge in [-0.1, -0.05) is 18.2 Å². The number of carbonyl (C=O) groups is 1. The normalized spacial score (nSPS) is 10.1. The van der Waals surface area contributed by atoms with Crippen molar-refractivity contribution in [1.82, 2.24) is 5.32 Å². The molecule has 0 aliphatic heterocycles. The second kappa shape index (κ2) is 5.21. The number of nitrogens with one attached hydrogen (secondary N) is 1. The van der Waals surface area contributed by atoms with Gasteiger partial charge in [0.2, 0.25) is 0 Å². The molecule has 0 bridgehead atoms. The summed E-state index contributed by atoms with van der Waals surface area (Å²) in [5, 5.41) is 22.4. The Hall–Kier alpha value is -2.83. The van der Waals surface area contributed by atoms with Crippen LogP contribution in [0.2, 0.25) is 0 Å². The SMILES string of the molecule is O=C(NCc1ccccc1O)c1ccc([N+](=O)[O-])o1. The Bertz CT molecular complexity index is 620. The van der Waals surface area contributed by atoms with Crippen molar-refractivity contribution in [2.45, 2.75) is 6.54 Å². The lowest BCUT2D eigenvalue weighted by Crippen LogP contribution is -2.22. The first-order chi connectivity index (χ1) is 9.08. The Morgan fingerprint density at radius 1 is 1.32 bits per heavy atom. The molecular formula is C12H10N2O5. The Morgan fingerprint density at radius 3 is 2.68 bits per heavy atom. The van der Waals surface area contributed by atoms with Gasteiger partial charge in [-0.05, 0) is 12.1 Å². The Balaban J connectivity index is 2.01. The largest absolute Gasteiger partial charge is 0.508 e. The third-order valence-electron chi connectivity index (χ3n) is 2.43. The summed E-state index contributed by atoms with van der Waals surface area (Å²) in [5.74, 6) is -1.17. The second-order valence-electron chi connectivity index (χ2n) is 3.71. The van der Waals surface area contributed by atoms with Crippen LogP contribution in [0.3, 0.4) is 0 Å². The molecule has 0 radical (unpaired) electrons. The Labute approximate surface area is 107 Å². The van der Waals surface area contributed by atoms with Gasteiger partial charge in [-0.2, -0.15) is 0 Å². The molecule has 2 N–H and O–H groups in total. The first-order valence-corrected chi connectivity index (χ1v) is 5.37. The van der Waals surface area contributed by atoms with Crippen LogP contribution in [0, 0.1) is 10.1 Å². The van der Waals surface area contributed by atoms with E-state index >= 15 is 0 Å². The minimum absolute atomic E-state index is 0.0632. The molecule has 0 aliphatic rings. The fraction of sp³-hybridized carbons (Fsp3) is 0.0833. The van der Waals surface area contributed by atoms with E-state index in [1.165, 1.54) is 12.1 Å². The zero-order chi connectivity index (χ0) is 13.8. The number of amides is 1. The number of rotatable bonds is 4. The lowest BCUT2D eigenvalue weighted by Gasteiger charge is -2.04. The third kappa shape index (κ3) is 2.89. The van der Waals surface area contributed by atoms with Crippen molar-refractivity contribution < 1.29 is 19.2 Å². The number of carbonyl (C=O) groups excluding carboxylic acids is 1. The fourth-order valence-corrected chi connectivity index (χ4v) is 1.47. The number of phenols is 1. The quantitative estimate of drug-likeness (QED) is 0.645. The van der Waals surface area contributed by atoms with Crippen molar-refractivity contribution >= 4 is 11.8 Å². The van der Waals surface area contributed by atoms with E-state index in [-0.39, 0.29) is 18.1 Å². The molecule has 98 valence electrons. The molecular weight excluding hydrogens is 252 g/mol. The van der Waals surface area contributed by atoms with Crippen LogP contribution < -0.4 is 5.32 Å². The van der Waals surface area contributed by atoms with Crippen molar-refractivity contribution in [2.75, 3.05) is 0 Å². The van der Waals surface area contributed by atoms with Crippen LogP contribution in [0.25, 0.3) is 0 Å². The molecule has 0 fully saturated rings. The van der Waals surface area contributed by atoms with E-state index in [1.54, 1.807) is 18.2 Å². The number of hydrogen-bond acceptors (Lipinski definition) is 5. The summed E-state index contributed by atoms with van der Waals surface area (Å²) >= 11 is 0. The Kier molecular flexibility index (Phi) is 3.46. The average molecular weight is 262 g/mol. The maximum absolute atomic E-state index is 11.7. The molecule has 1 aromatic carbocycles. The highest BCUT2D eigenvalue weighted by Gasteiger charge is 2.17. The van der Waals surface area contributed by atoms with E-state index in [0.717, 1.165) is 6.07 Å². The van der Waals surface area contributed by atoms with Crippen molar-refractivity contribution in [3.8, 4) is 5.75 Å². The van der Waals surface area contributed by atoms with Gasteiger partial charge in [0.05, 0.1) is 6.07 Å². The minimum Gasteiger partial charge on any atom is -0.508 e. The van der Waals surface area contributed by atoms with E-state index < -0.39 is 16.7 Å². The van der Waals surface area contributed by atoms with Crippen LogP contribution in [-0.4, -0.2) is 15.9 Å². The number of hydrogen-bond donors (Lipinski definition) is 2. The van der Waals surface area contributed by atoms with E-state index in [0.29, 0.717) is 5.56 Å². The van der Waals surface area contributed by atoms with Gasteiger partial charge in [-0.25, -0.2) is 0 Å². The van der Waals surface area contributed by atoms with E-state index in [1.807, 2.05) is 0 Å². The number of nitro groups is 1. The highest BCUT2D eigenvalue weighted by atomic mass is 16.6. The van der Waals surface area contributed by atoms with Crippen LogP contribution in [0.15, 0.2) is 40.8 Å². The van der Waals surface area contributed by atoms with Crippen molar-refractivity contribution in [3.05, 3.63) is 57.8 Å². The standard InChI is InChI=1S/C12H10N2O5/c15-9-4-2-1-3-8(9)7-13-12(16)10-5-6-11(19-10)14(17)18/h1-6,15H,7H2,(H,13,16). The molecule has 1 heterocycles. The van der Waals surface area contributed by atoms with Crippen molar-refractivity contribution in [1.29, 1.82) is 0 Å². The smallest absolute Gasteiger partial charge is 0.433 e. The molecule has 0 aliphatic carbocycles. The van der Waals surface area contributed by atoms with Crippen LogP contribution in [0.1, 0.15) is 16.1 Å². The van der Waals surface area contributed by atoms with Crippen molar-refractivity contribution in [2.24, 2.45) is 0 Å². The monoisotopic (exact) mass is 262 g/mol. The maximum atomic E-state index is 11.7. The number of nitrogens with zero attached hydrogens (tertiary/aromatic N) is 1. The lowest BCUT2D eigenvalue weighted by atomic mass is 10.2.